The fourth-order valence-corrected chi connectivity index (χ4v) is 2.08. The van der Waals surface area contributed by atoms with Gasteiger partial charge in [0, 0.05) is 5.56 Å². The van der Waals surface area contributed by atoms with Gasteiger partial charge in [-0.15, -0.1) is 0 Å². The fourth-order valence-electron chi connectivity index (χ4n) is 1.30. The first-order valence-corrected chi connectivity index (χ1v) is 5.89. The lowest BCUT2D eigenvalue weighted by molar-refractivity contribution is -0.139. The minimum Gasteiger partial charge on any atom is -0.492 e. The molecule has 6 heteroatoms. The van der Waals surface area contributed by atoms with Gasteiger partial charge in [0.1, 0.15) is 5.75 Å². The average molecular weight is 358 g/mol. The van der Waals surface area contributed by atoms with Gasteiger partial charge in [0.2, 0.25) is 0 Å². The molecule has 2 nitrogen and oxygen atoms in total. The Bertz CT molecular complexity index is 441. The lowest BCUT2D eigenvalue weighted by Gasteiger charge is -2.15. The maximum absolute atomic E-state index is 12.8. The second kappa shape index (κ2) is 5.24. The highest BCUT2D eigenvalue weighted by Crippen LogP contribution is 2.39. The number of alkyl halides is 3. The number of halogens is 4. The summed E-state index contributed by atoms with van der Waals surface area (Å²) >= 11 is 1.73. The predicted octanol–water partition coefficient (Wildman–Crippen LogP) is 3.91. The number of ether oxygens (including phenoxy) is 1. The van der Waals surface area contributed by atoms with Crippen molar-refractivity contribution in [3.63, 3.8) is 0 Å². The van der Waals surface area contributed by atoms with Gasteiger partial charge in [0.25, 0.3) is 0 Å². The topological polar surface area (TPSA) is 26.3 Å². The molecule has 0 saturated carbocycles. The third-order valence-corrected chi connectivity index (χ3v) is 2.85. The molecule has 0 amide bonds. The van der Waals surface area contributed by atoms with Crippen molar-refractivity contribution in [3.05, 3.63) is 26.8 Å². The summed E-state index contributed by atoms with van der Waals surface area (Å²) in [5.74, 6) is -0.623. The van der Waals surface area contributed by atoms with E-state index in [0.29, 0.717) is 0 Å². The SMILES string of the molecule is CCOc1c(I)cc(C(C)=O)cc1C(F)(F)F. The maximum atomic E-state index is 12.8. The first-order valence-electron chi connectivity index (χ1n) is 4.81. The summed E-state index contributed by atoms with van der Waals surface area (Å²) in [7, 11) is 0. The normalized spacial score (nSPS) is 11.4. The molecule has 0 bridgehead atoms. The lowest BCUT2D eigenvalue weighted by atomic mass is 10.1. The van der Waals surface area contributed by atoms with Crippen LogP contribution in [-0.4, -0.2) is 12.4 Å². The van der Waals surface area contributed by atoms with Crippen molar-refractivity contribution < 1.29 is 22.7 Å². The van der Waals surface area contributed by atoms with E-state index in [1.165, 1.54) is 13.0 Å². The maximum Gasteiger partial charge on any atom is 0.420 e. The lowest BCUT2D eigenvalue weighted by Crippen LogP contribution is -2.11. The van der Waals surface area contributed by atoms with Gasteiger partial charge in [-0.2, -0.15) is 13.2 Å². The molecule has 0 atom stereocenters. The van der Waals surface area contributed by atoms with E-state index >= 15 is 0 Å². The number of Topliss-reactive ketones (excluding diaryl/α,β-unsaturated/α-hetero) is 1. The summed E-state index contributed by atoms with van der Waals surface area (Å²) < 4.78 is 43.7. The third kappa shape index (κ3) is 3.34. The van der Waals surface area contributed by atoms with Crippen LogP contribution in [0, 0.1) is 3.57 Å². The van der Waals surface area contributed by atoms with Gasteiger partial charge in [-0.05, 0) is 48.6 Å². The molecule has 0 unspecified atom stereocenters. The molecule has 0 aliphatic rings. The quantitative estimate of drug-likeness (QED) is 0.605. The molecule has 0 aliphatic carbocycles. The highest BCUT2D eigenvalue weighted by Gasteiger charge is 2.36. The van der Waals surface area contributed by atoms with Crippen LogP contribution in [-0.2, 0) is 6.18 Å². The van der Waals surface area contributed by atoms with E-state index in [0.717, 1.165) is 6.07 Å². The Balaban J connectivity index is 3.45. The number of carbonyl (C=O) groups is 1. The van der Waals surface area contributed by atoms with Crippen molar-refractivity contribution >= 4 is 28.4 Å². The summed E-state index contributed by atoms with van der Waals surface area (Å²) in [6, 6.07) is 2.22. The van der Waals surface area contributed by atoms with Gasteiger partial charge in [-0.25, -0.2) is 0 Å². The zero-order chi connectivity index (χ0) is 13.2. The average Bonchev–Trinajstić information content (AvgIpc) is 2.18. The summed E-state index contributed by atoms with van der Waals surface area (Å²) in [4.78, 5) is 11.1. The number of hydrogen-bond acceptors (Lipinski definition) is 2. The first kappa shape index (κ1) is 14.3. The van der Waals surface area contributed by atoms with Crippen LogP contribution in [0.1, 0.15) is 29.8 Å². The van der Waals surface area contributed by atoms with Crippen LogP contribution in [0.15, 0.2) is 12.1 Å². The second-order valence-electron chi connectivity index (χ2n) is 3.32. The first-order chi connectivity index (χ1) is 7.77. The monoisotopic (exact) mass is 358 g/mol. The molecule has 1 rings (SSSR count). The Morgan fingerprint density at radius 3 is 2.41 bits per heavy atom. The molecule has 17 heavy (non-hydrogen) atoms. The standard InChI is InChI=1S/C11H10F3IO2/c1-3-17-10-8(11(12,13)14)4-7(6(2)16)5-9(10)15/h4-5H,3H2,1-2H3. The van der Waals surface area contributed by atoms with E-state index in [9.17, 15) is 18.0 Å². The van der Waals surface area contributed by atoms with Crippen LogP contribution in [0.2, 0.25) is 0 Å². The van der Waals surface area contributed by atoms with E-state index in [1.54, 1.807) is 29.5 Å². The van der Waals surface area contributed by atoms with Crippen molar-refractivity contribution in [3.8, 4) is 5.75 Å². The Kier molecular flexibility index (Phi) is 4.40. The van der Waals surface area contributed by atoms with E-state index in [1.807, 2.05) is 0 Å². The molecule has 0 radical (unpaired) electrons. The summed E-state index contributed by atoms with van der Waals surface area (Å²) in [6.07, 6.45) is -4.53. The van der Waals surface area contributed by atoms with Gasteiger partial charge in [-0.3, -0.25) is 4.79 Å². The molecular formula is C11H10F3IO2. The van der Waals surface area contributed by atoms with E-state index < -0.39 is 17.5 Å². The van der Waals surface area contributed by atoms with Crippen molar-refractivity contribution in [2.75, 3.05) is 6.61 Å². The number of benzene rings is 1. The van der Waals surface area contributed by atoms with Crippen LogP contribution in [0.4, 0.5) is 13.2 Å². The van der Waals surface area contributed by atoms with Gasteiger partial charge in [0.15, 0.2) is 5.78 Å². The molecule has 0 aliphatic heterocycles. The second-order valence-corrected chi connectivity index (χ2v) is 4.48. The molecule has 94 valence electrons. The molecule has 0 heterocycles. The molecule has 0 spiro atoms. The number of hydrogen-bond donors (Lipinski definition) is 0. The smallest absolute Gasteiger partial charge is 0.420 e. The number of rotatable bonds is 3. The molecule has 1 aromatic rings. The third-order valence-electron chi connectivity index (χ3n) is 2.04. The van der Waals surface area contributed by atoms with E-state index in [-0.39, 0.29) is 21.5 Å². The Hall–Kier alpha value is -0.790. The highest BCUT2D eigenvalue weighted by molar-refractivity contribution is 14.1. The van der Waals surface area contributed by atoms with Gasteiger partial charge in [-0.1, -0.05) is 0 Å². The van der Waals surface area contributed by atoms with Crippen LogP contribution >= 0.6 is 22.6 Å². The molecule has 0 saturated heterocycles. The van der Waals surface area contributed by atoms with Crippen LogP contribution in [0.3, 0.4) is 0 Å². The van der Waals surface area contributed by atoms with Crippen molar-refractivity contribution in [1.29, 1.82) is 0 Å². The van der Waals surface area contributed by atoms with Crippen LogP contribution < -0.4 is 4.74 Å². The molecule has 1 aromatic carbocycles. The summed E-state index contributed by atoms with van der Waals surface area (Å²) in [6.45, 7) is 2.97. The zero-order valence-electron chi connectivity index (χ0n) is 9.19. The molecule has 0 N–H and O–H groups in total. The molecular weight excluding hydrogens is 348 g/mol. The highest BCUT2D eigenvalue weighted by atomic mass is 127. The fraction of sp³-hybridized carbons (Fsp3) is 0.364. The Morgan fingerprint density at radius 1 is 1.41 bits per heavy atom. The summed E-state index contributed by atoms with van der Waals surface area (Å²) in [5, 5.41) is 0. The van der Waals surface area contributed by atoms with Crippen molar-refractivity contribution in [2.45, 2.75) is 20.0 Å². The number of carbonyl (C=O) groups excluding carboxylic acids is 1. The van der Waals surface area contributed by atoms with Crippen LogP contribution in [0.5, 0.6) is 5.75 Å². The largest absolute Gasteiger partial charge is 0.492 e. The van der Waals surface area contributed by atoms with E-state index in [4.69, 9.17) is 4.74 Å². The van der Waals surface area contributed by atoms with Gasteiger partial charge >= 0.3 is 6.18 Å². The molecule has 0 aromatic heterocycles. The Morgan fingerprint density at radius 2 is 2.00 bits per heavy atom. The Labute approximate surface area is 110 Å². The number of ketones is 1. The zero-order valence-corrected chi connectivity index (χ0v) is 11.3. The van der Waals surface area contributed by atoms with Crippen molar-refractivity contribution in [1.82, 2.24) is 0 Å². The van der Waals surface area contributed by atoms with E-state index in [2.05, 4.69) is 0 Å². The van der Waals surface area contributed by atoms with Crippen LogP contribution in [0.25, 0.3) is 0 Å². The minimum atomic E-state index is -4.53. The predicted molar refractivity (Wildman–Crippen MR) is 65.3 cm³/mol. The van der Waals surface area contributed by atoms with Crippen molar-refractivity contribution in [2.24, 2.45) is 0 Å². The summed E-state index contributed by atoms with van der Waals surface area (Å²) in [5.41, 5.74) is -0.873. The van der Waals surface area contributed by atoms with Gasteiger partial charge in [0.05, 0.1) is 15.7 Å². The molecule has 0 fully saturated rings. The van der Waals surface area contributed by atoms with Gasteiger partial charge < -0.3 is 4.74 Å². The minimum absolute atomic E-state index is 0.0326.